The van der Waals surface area contributed by atoms with Gasteiger partial charge in [0.15, 0.2) is 5.96 Å². The van der Waals surface area contributed by atoms with Gasteiger partial charge in [0.05, 0.1) is 0 Å². The number of nitrogens with zero attached hydrogens (tertiary/aromatic N) is 2. The van der Waals surface area contributed by atoms with E-state index in [0.717, 1.165) is 44.6 Å². The van der Waals surface area contributed by atoms with Gasteiger partial charge in [-0.15, -0.1) is 24.0 Å². The average molecular weight is 438 g/mol. The van der Waals surface area contributed by atoms with Gasteiger partial charge in [0.1, 0.15) is 0 Å². The van der Waals surface area contributed by atoms with E-state index in [1.165, 1.54) is 45.2 Å². The lowest BCUT2D eigenvalue weighted by Gasteiger charge is -2.27. The first-order valence-corrected chi connectivity index (χ1v) is 9.09. The summed E-state index contributed by atoms with van der Waals surface area (Å²) in [6.07, 6.45) is 7.67. The molecule has 1 unspecified atom stereocenters. The van der Waals surface area contributed by atoms with Crippen molar-refractivity contribution in [3.8, 4) is 0 Å². The van der Waals surface area contributed by atoms with Crippen LogP contribution in [0.4, 0.5) is 0 Å². The smallest absolute Gasteiger partial charge is 0.191 e. The maximum Gasteiger partial charge on any atom is 0.191 e. The standard InChI is InChI=1S/C17H34N4O.HI/c1-3-16(21-10-4-5-11-21)13-20-17(18-2)19-9-6-12-22-14-15-7-8-15;/h15-16H,3-14H2,1-2H3,(H2,18,19,20);1H. The molecule has 0 amide bonds. The topological polar surface area (TPSA) is 48.9 Å². The van der Waals surface area contributed by atoms with E-state index in [-0.39, 0.29) is 24.0 Å². The minimum atomic E-state index is 0. The number of ether oxygens (including phenoxy) is 1. The summed E-state index contributed by atoms with van der Waals surface area (Å²) >= 11 is 0. The van der Waals surface area contributed by atoms with Gasteiger partial charge >= 0.3 is 0 Å². The molecule has 0 aromatic rings. The van der Waals surface area contributed by atoms with Crippen molar-refractivity contribution in [2.75, 3.05) is 46.4 Å². The van der Waals surface area contributed by atoms with Crippen molar-refractivity contribution in [2.24, 2.45) is 10.9 Å². The normalized spacial score (nSPS) is 20.2. The van der Waals surface area contributed by atoms with Crippen molar-refractivity contribution in [2.45, 2.75) is 51.5 Å². The molecule has 5 nitrogen and oxygen atoms in total. The Bertz CT molecular complexity index is 331. The summed E-state index contributed by atoms with van der Waals surface area (Å²) < 4.78 is 5.65. The Labute approximate surface area is 159 Å². The third kappa shape index (κ3) is 8.54. The summed E-state index contributed by atoms with van der Waals surface area (Å²) in [6.45, 7) is 8.50. The number of halogens is 1. The molecule has 6 heteroatoms. The van der Waals surface area contributed by atoms with Gasteiger partial charge in [-0.2, -0.15) is 0 Å². The van der Waals surface area contributed by atoms with E-state index in [1.807, 2.05) is 7.05 Å². The molecule has 1 heterocycles. The minimum Gasteiger partial charge on any atom is -0.381 e. The van der Waals surface area contributed by atoms with Gasteiger partial charge < -0.3 is 15.4 Å². The quantitative estimate of drug-likeness (QED) is 0.238. The lowest BCUT2D eigenvalue weighted by atomic mass is 10.2. The zero-order valence-electron chi connectivity index (χ0n) is 14.9. The van der Waals surface area contributed by atoms with Gasteiger partial charge in [-0.3, -0.25) is 9.89 Å². The summed E-state index contributed by atoms with van der Waals surface area (Å²) in [4.78, 5) is 6.92. The SMILES string of the molecule is CCC(CNC(=NC)NCCCOCC1CC1)N1CCCC1.I. The molecule has 2 N–H and O–H groups in total. The molecule has 1 saturated carbocycles. The van der Waals surface area contributed by atoms with Crippen LogP contribution in [0.5, 0.6) is 0 Å². The third-order valence-electron chi connectivity index (χ3n) is 4.67. The van der Waals surface area contributed by atoms with Crippen LogP contribution in [0.15, 0.2) is 4.99 Å². The predicted octanol–water partition coefficient (Wildman–Crippen LogP) is 2.46. The molecule has 1 aliphatic carbocycles. The Morgan fingerprint density at radius 2 is 2.00 bits per heavy atom. The van der Waals surface area contributed by atoms with Crippen LogP contribution in [0.1, 0.15) is 45.4 Å². The van der Waals surface area contributed by atoms with Crippen LogP contribution in [0.3, 0.4) is 0 Å². The zero-order valence-corrected chi connectivity index (χ0v) is 17.2. The lowest BCUT2D eigenvalue weighted by Crippen LogP contribution is -2.46. The Hall–Kier alpha value is -0.0800. The molecule has 0 bridgehead atoms. The molecule has 0 radical (unpaired) electrons. The Balaban J connectivity index is 0.00000264. The van der Waals surface area contributed by atoms with Gasteiger partial charge in [-0.05, 0) is 57.5 Å². The largest absolute Gasteiger partial charge is 0.381 e. The van der Waals surface area contributed by atoms with Gasteiger partial charge in [0, 0.05) is 39.4 Å². The molecule has 2 rings (SSSR count). The Morgan fingerprint density at radius 3 is 2.61 bits per heavy atom. The monoisotopic (exact) mass is 438 g/mol. The Morgan fingerprint density at radius 1 is 1.26 bits per heavy atom. The molecular weight excluding hydrogens is 403 g/mol. The van der Waals surface area contributed by atoms with Crippen molar-refractivity contribution < 1.29 is 4.74 Å². The fraction of sp³-hybridized carbons (Fsp3) is 0.941. The second-order valence-electron chi connectivity index (χ2n) is 6.56. The summed E-state index contributed by atoms with van der Waals surface area (Å²) in [7, 11) is 1.84. The first-order valence-electron chi connectivity index (χ1n) is 9.09. The molecule has 136 valence electrons. The van der Waals surface area contributed by atoms with E-state index < -0.39 is 0 Å². The first-order chi connectivity index (χ1) is 10.8. The molecule has 0 aromatic carbocycles. The average Bonchev–Trinajstić information content (AvgIpc) is 3.21. The first kappa shape index (κ1) is 21.0. The zero-order chi connectivity index (χ0) is 15.6. The Kier molecular flexibility index (Phi) is 11.2. The van der Waals surface area contributed by atoms with E-state index in [0.29, 0.717) is 6.04 Å². The molecule has 23 heavy (non-hydrogen) atoms. The van der Waals surface area contributed by atoms with Crippen molar-refractivity contribution in [3.05, 3.63) is 0 Å². The summed E-state index contributed by atoms with van der Waals surface area (Å²) in [5, 5.41) is 6.86. The number of hydrogen-bond donors (Lipinski definition) is 2. The number of aliphatic imine (C=N–C) groups is 1. The predicted molar refractivity (Wildman–Crippen MR) is 108 cm³/mol. The van der Waals surface area contributed by atoms with E-state index in [2.05, 4.69) is 27.4 Å². The van der Waals surface area contributed by atoms with Crippen molar-refractivity contribution in [1.29, 1.82) is 0 Å². The van der Waals surface area contributed by atoms with Gasteiger partial charge in [0.2, 0.25) is 0 Å². The van der Waals surface area contributed by atoms with Crippen molar-refractivity contribution >= 4 is 29.9 Å². The van der Waals surface area contributed by atoms with Crippen molar-refractivity contribution in [1.82, 2.24) is 15.5 Å². The van der Waals surface area contributed by atoms with E-state index in [9.17, 15) is 0 Å². The summed E-state index contributed by atoms with van der Waals surface area (Å²) in [5.41, 5.74) is 0. The highest BCUT2D eigenvalue weighted by atomic mass is 127. The van der Waals surface area contributed by atoms with Gasteiger partial charge in [0.25, 0.3) is 0 Å². The molecule has 1 atom stereocenters. The van der Waals surface area contributed by atoms with Crippen LogP contribution in [0, 0.1) is 5.92 Å². The maximum absolute atomic E-state index is 5.65. The number of guanidine groups is 1. The van der Waals surface area contributed by atoms with Crippen LogP contribution >= 0.6 is 24.0 Å². The molecule has 0 spiro atoms. The van der Waals surface area contributed by atoms with Crippen molar-refractivity contribution in [3.63, 3.8) is 0 Å². The van der Waals surface area contributed by atoms with E-state index in [1.54, 1.807) is 0 Å². The summed E-state index contributed by atoms with van der Waals surface area (Å²) in [5.74, 6) is 1.78. The highest BCUT2D eigenvalue weighted by Crippen LogP contribution is 2.28. The lowest BCUT2D eigenvalue weighted by molar-refractivity contribution is 0.123. The van der Waals surface area contributed by atoms with Crippen LogP contribution in [0.25, 0.3) is 0 Å². The highest BCUT2D eigenvalue weighted by Gasteiger charge is 2.21. The highest BCUT2D eigenvalue weighted by molar-refractivity contribution is 14.0. The molecular formula is C17H35IN4O. The third-order valence-corrected chi connectivity index (χ3v) is 4.67. The van der Waals surface area contributed by atoms with E-state index in [4.69, 9.17) is 4.74 Å². The number of likely N-dealkylation sites (tertiary alicyclic amines) is 1. The van der Waals surface area contributed by atoms with Crippen LogP contribution < -0.4 is 10.6 Å². The molecule has 2 aliphatic rings. The van der Waals surface area contributed by atoms with Crippen LogP contribution in [0.2, 0.25) is 0 Å². The van der Waals surface area contributed by atoms with Gasteiger partial charge in [-0.25, -0.2) is 0 Å². The number of rotatable bonds is 10. The second-order valence-corrected chi connectivity index (χ2v) is 6.56. The second kappa shape index (κ2) is 12.3. The number of nitrogens with one attached hydrogen (secondary N) is 2. The number of hydrogen-bond acceptors (Lipinski definition) is 3. The van der Waals surface area contributed by atoms with Crippen LogP contribution in [-0.2, 0) is 4.74 Å². The maximum atomic E-state index is 5.65. The van der Waals surface area contributed by atoms with Crippen LogP contribution in [-0.4, -0.2) is 63.3 Å². The fourth-order valence-electron chi connectivity index (χ4n) is 2.99. The molecule has 0 aromatic heterocycles. The van der Waals surface area contributed by atoms with E-state index >= 15 is 0 Å². The van der Waals surface area contributed by atoms with Gasteiger partial charge in [-0.1, -0.05) is 6.92 Å². The minimum absolute atomic E-state index is 0. The fourth-order valence-corrected chi connectivity index (χ4v) is 2.99. The molecule has 1 saturated heterocycles. The summed E-state index contributed by atoms with van der Waals surface area (Å²) in [6, 6.07) is 0.628. The molecule has 1 aliphatic heterocycles. The molecule has 2 fully saturated rings.